The van der Waals surface area contributed by atoms with Gasteiger partial charge in [0.1, 0.15) is 0 Å². The maximum absolute atomic E-state index is 12.9. The van der Waals surface area contributed by atoms with Gasteiger partial charge in [-0.2, -0.15) is 0 Å². The van der Waals surface area contributed by atoms with Crippen LogP contribution < -0.4 is 5.32 Å². The second kappa shape index (κ2) is 7.13. The van der Waals surface area contributed by atoms with Gasteiger partial charge in [-0.25, -0.2) is 0 Å². The van der Waals surface area contributed by atoms with Gasteiger partial charge in [0, 0.05) is 6.04 Å². The van der Waals surface area contributed by atoms with Gasteiger partial charge in [0.2, 0.25) is 5.91 Å². The average molecular weight is 294 g/mol. The van der Waals surface area contributed by atoms with Crippen molar-refractivity contribution in [1.82, 2.24) is 10.2 Å². The Kier molecular flexibility index (Phi) is 5.70. The summed E-state index contributed by atoms with van der Waals surface area (Å²) in [5.74, 6) is 2.17. The lowest BCUT2D eigenvalue weighted by atomic mass is 9.83. The van der Waals surface area contributed by atoms with Crippen LogP contribution in [0.4, 0.5) is 0 Å². The molecule has 0 aromatic carbocycles. The minimum Gasteiger partial charge on any atom is -0.323 e. The zero-order valence-electron chi connectivity index (χ0n) is 14.6. The van der Waals surface area contributed by atoms with Crippen LogP contribution >= 0.6 is 0 Å². The third-order valence-corrected chi connectivity index (χ3v) is 5.32. The largest absolute Gasteiger partial charge is 0.323 e. The Morgan fingerprint density at radius 2 is 1.95 bits per heavy atom. The molecule has 1 aliphatic heterocycles. The molecule has 3 heteroatoms. The normalized spacial score (nSPS) is 34.2. The summed E-state index contributed by atoms with van der Waals surface area (Å²) in [7, 11) is 0. The van der Waals surface area contributed by atoms with Gasteiger partial charge in [0.25, 0.3) is 0 Å². The van der Waals surface area contributed by atoms with Crippen LogP contribution in [0.2, 0.25) is 0 Å². The Hall–Kier alpha value is -0.570. The first-order valence-electron chi connectivity index (χ1n) is 9.02. The standard InChI is InChI=1S/C18H34N2O/c1-6-14-8-7-9-15(11-14)20-16(10-12(2)3)19-17(13(4)5)18(20)21/h12-17,19H,6-11H2,1-5H3. The third-order valence-electron chi connectivity index (χ3n) is 5.32. The predicted molar refractivity (Wildman–Crippen MR) is 87.9 cm³/mol. The van der Waals surface area contributed by atoms with E-state index in [1.807, 2.05) is 0 Å². The molecule has 122 valence electrons. The van der Waals surface area contributed by atoms with Gasteiger partial charge in [-0.05, 0) is 37.0 Å². The molecule has 0 spiro atoms. The maximum atomic E-state index is 12.9. The quantitative estimate of drug-likeness (QED) is 0.837. The molecule has 0 radical (unpaired) electrons. The van der Waals surface area contributed by atoms with E-state index in [-0.39, 0.29) is 12.2 Å². The van der Waals surface area contributed by atoms with E-state index in [0.29, 0.717) is 23.8 Å². The van der Waals surface area contributed by atoms with Crippen molar-refractivity contribution in [3.8, 4) is 0 Å². The minimum absolute atomic E-state index is 0.0238. The second-order valence-corrected chi connectivity index (χ2v) is 7.87. The van der Waals surface area contributed by atoms with Crippen LogP contribution in [-0.4, -0.2) is 29.1 Å². The van der Waals surface area contributed by atoms with E-state index < -0.39 is 0 Å². The van der Waals surface area contributed by atoms with Crippen molar-refractivity contribution < 1.29 is 4.79 Å². The lowest BCUT2D eigenvalue weighted by Crippen LogP contribution is -2.47. The van der Waals surface area contributed by atoms with E-state index in [0.717, 1.165) is 12.3 Å². The van der Waals surface area contributed by atoms with Gasteiger partial charge < -0.3 is 4.90 Å². The summed E-state index contributed by atoms with van der Waals surface area (Å²) in [5.41, 5.74) is 0. The molecule has 0 aromatic rings. The molecule has 4 unspecified atom stereocenters. The highest BCUT2D eigenvalue weighted by atomic mass is 16.2. The fraction of sp³-hybridized carbons (Fsp3) is 0.944. The molecule has 1 heterocycles. The number of hydrogen-bond donors (Lipinski definition) is 1. The van der Waals surface area contributed by atoms with Crippen LogP contribution in [0.15, 0.2) is 0 Å². The van der Waals surface area contributed by atoms with Gasteiger partial charge in [-0.15, -0.1) is 0 Å². The summed E-state index contributed by atoms with van der Waals surface area (Å²) >= 11 is 0. The van der Waals surface area contributed by atoms with Crippen molar-refractivity contribution in [2.24, 2.45) is 17.8 Å². The van der Waals surface area contributed by atoms with Crippen LogP contribution in [-0.2, 0) is 4.79 Å². The molecule has 1 N–H and O–H groups in total. The topological polar surface area (TPSA) is 32.3 Å². The molecule has 2 fully saturated rings. The van der Waals surface area contributed by atoms with Gasteiger partial charge >= 0.3 is 0 Å². The highest BCUT2D eigenvalue weighted by molar-refractivity contribution is 5.85. The molecular formula is C18H34N2O. The van der Waals surface area contributed by atoms with E-state index in [4.69, 9.17) is 0 Å². The smallest absolute Gasteiger partial charge is 0.241 e. The summed E-state index contributed by atoms with van der Waals surface area (Å²) in [6.45, 7) is 11.1. The fourth-order valence-electron chi connectivity index (χ4n) is 4.10. The summed E-state index contributed by atoms with van der Waals surface area (Å²) in [4.78, 5) is 15.1. The maximum Gasteiger partial charge on any atom is 0.241 e. The molecule has 2 rings (SSSR count). The first kappa shape index (κ1) is 16.8. The van der Waals surface area contributed by atoms with Gasteiger partial charge in [0.15, 0.2) is 0 Å². The molecular weight excluding hydrogens is 260 g/mol. The molecule has 1 saturated carbocycles. The Bertz CT molecular complexity index is 353. The Balaban J connectivity index is 2.13. The highest BCUT2D eigenvalue weighted by Crippen LogP contribution is 2.34. The van der Waals surface area contributed by atoms with Crippen molar-refractivity contribution in [3.05, 3.63) is 0 Å². The summed E-state index contributed by atoms with van der Waals surface area (Å²) in [6, 6.07) is 0.493. The van der Waals surface area contributed by atoms with E-state index in [1.165, 1.54) is 32.1 Å². The summed E-state index contributed by atoms with van der Waals surface area (Å²) < 4.78 is 0. The van der Waals surface area contributed by atoms with Crippen LogP contribution in [0.25, 0.3) is 0 Å². The molecule has 1 aliphatic carbocycles. The Labute approximate surface area is 130 Å². The van der Waals surface area contributed by atoms with Crippen molar-refractivity contribution in [2.75, 3.05) is 0 Å². The van der Waals surface area contributed by atoms with Crippen LogP contribution in [0, 0.1) is 17.8 Å². The second-order valence-electron chi connectivity index (χ2n) is 7.87. The fourth-order valence-corrected chi connectivity index (χ4v) is 4.10. The Morgan fingerprint density at radius 3 is 2.52 bits per heavy atom. The van der Waals surface area contributed by atoms with Crippen LogP contribution in [0.1, 0.15) is 73.1 Å². The Morgan fingerprint density at radius 1 is 1.24 bits per heavy atom. The van der Waals surface area contributed by atoms with Gasteiger partial charge in [-0.1, -0.05) is 53.9 Å². The third kappa shape index (κ3) is 3.80. The van der Waals surface area contributed by atoms with Gasteiger partial charge in [-0.3, -0.25) is 10.1 Å². The lowest BCUT2D eigenvalue weighted by Gasteiger charge is -2.38. The molecule has 1 saturated heterocycles. The van der Waals surface area contributed by atoms with Crippen LogP contribution in [0.3, 0.4) is 0 Å². The number of carbonyl (C=O) groups excluding carboxylic acids is 1. The lowest BCUT2D eigenvalue weighted by molar-refractivity contribution is -0.134. The summed E-state index contributed by atoms with van der Waals surface area (Å²) in [6.07, 6.45) is 7.63. The zero-order valence-corrected chi connectivity index (χ0v) is 14.6. The molecule has 1 amide bonds. The molecule has 0 aromatic heterocycles. The number of rotatable bonds is 5. The molecule has 21 heavy (non-hydrogen) atoms. The number of hydrogen-bond acceptors (Lipinski definition) is 2. The van der Waals surface area contributed by atoms with Crippen molar-refractivity contribution >= 4 is 5.91 Å². The van der Waals surface area contributed by atoms with Crippen molar-refractivity contribution in [1.29, 1.82) is 0 Å². The van der Waals surface area contributed by atoms with E-state index in [2.05, 4.69) is 44.8 Å². The number of nitrogens with zero attached hydrogens (tertiary/aromatic N) is 1. The number of amides is 1. The highest BCUT2D eigenvalue weighted by Gasteiger charge is 2.44. The first-order chi connectivity index (χ1) is 9.93. The van der Waals surface area contributed by atoms with E-state index in [9.17, 15) is 4.79 Å². The predicted octanol–water partition coefficient (Wildman–Crippen LogP) is 3.78. The van der Waals surface area contributed by atoms with Crippen molar-refractivity contribution in [3.63, 3.8) is 0 Å². The molecule has 0 bridgehead atoms. The monoisotopic (exact) mass is 294 g/mol. The SMILES string of the molecule is CCC1CCCC(N2C(=O)C(C(C)C)NC2CC(C)C)C1. The van der Waals surface area contributed by atoms with E-state index in [1.54, 1.807) is 0 Å². The van der Waals surface area contributed by atoms with Crippen LogP contribution in [0.5, 0.6) is 0 Å². The van der Waals surface area contributed by atoms with Gasteiger partial charge in [0.05, 0.1) is 12.2 Å². The zero-order chi connectivity index (χ0) is 15.6. The first-order valence-corrected chi connectivity index (χ1v) is 9.02. The summed E-state index contributed by atoms with van der Waals surface area (Å²) in [5, 5.41) is 3.63. The molecule has 4 atom stereocenters. The number of nitrogens with one attached hydrogen (secondary N) is 1. The molecule has 3 nitrogen and oxygen atoms in total. The van der Waals surface area contributed by atoms with Crippen molar-refractivity contribution in [2.45, 2.75) is 91.4 Å². The average Bonchev–Trinajstić information content (AvgIpc) is 2.75. The van der Waals surface area contributed by atoms with E-state index >= 15 is 0 Å². The number of carbonyl (C=O) groups is 1. The minimum atomic E-state index is 0.0238. The molecule has 2 aliphatic rings.